The Bertz CT molecular complexity index is 846. The van der Waals surface area contributed by atoms with Crippen LogP contribution in [-0.2, 0) is 6.61 Å². The second-order valence-corrected chi connectivity index (χ2v) is 5.20. The van der Waals surface area contributed by atoms with Gasteiger partial charge in [0, 0.05) is 16.5 Å². The molecule has 3 nitrogen and oxygen atoms in total. The van der Waals surface area contributed by atoms with E-state index in [1.165, 1.54) is 13.2 Å². The van der Waals surface area contributed by atoms with Gasteiger partial charge in [0.15, 0.2) is 11.6 Å². The predicted molar refractivity (Wildman–Crippen MR) is 84.3 cm³/mol. The molecule has 0 radical (unpaired) electrons. The van der Waals surface area contributed by atoms with E-state index < -0.39 is 5.82 Å². The minimum atomic E-state index is -0.449. The molecule has 3 rings (SSSR count). The molecule has 0 amide bonds. The molecule has 0 fully saturated rings. The number of pyridine rings is 1. The summed E-state index contributed by atoms with van der Waals surface area (Å²) in [5.41, 5.74) is 3.79. The van der Waals surface area contributed by atoms with E-state index in [4.69, 9.17) is 4.74 Å². The number of aliphatic hydroxyl groups is 1. The molecule has 0 unspecified atom stereocenters. The van der Waals surface area contributed by atoms with Gasteiger partial charge in [-0.15, -0.1) is 0 Å². The van der Waals surface area contributed by atoms with E-state index in [1.54, 1.807) is 12.1 Å². The van der Waals surface area contributed by atoms with Gasteiger partial charge < -0.3 is 9.84 Å². The summed E-state index contributed by atoms with van der Waals surface area (Å²) in [6, 6.07) is 12.5. The number of nitrogens with zero attached hydrogens (tertiary/aromatic N) is 1. The minimum Gasteiger partial charge on any atom is -0.494 e. The smallest absolute Gasteiger partial charge is 0.165 e. The van der Waals surface area contributed by atoms with E-state index in [9.17, 15) is 9.50 Å². The lowest BCUT2D eigenvalue weighted by atomic mass is 10.0. The highest BCUT2D eigenvalue weighted by Crippen LogP contribution is 2.29. The summed E-state index contributed by atoms with van der Waals surface area (Å²) in [7, 11) is 1.42. The molecule has 0 bridgehead atoms. The van der Waals surface area contributed by atoms with E-state index in [0.29, 0.717) is 16.8 Å². The van der Waals surface area contributed by atoms with Crippen molar-refractivity contribution >= 4 is 10.9 Å². The zero-order valence-electron chi connectivity index (χ0n) is 12.4. The van der Waals surface area contributed by atoms with Gasteiger partial charge in [0.25, 0.3) is 0 Å². The van der Waals surface area contributed by atoms with Crippen molar-refractivity contribution in [3.05, 3.63) is 59.4 Å². The molecule has 22 heavy (non-hydrogen) atoms. The number of benzene rings is 2. The highest BCUT2D eigenvalue weighted by Gasteiger charge is 2.12. The third-order valence-corrected chi connectivity index (χ3v) is 3.65. The van der Waals surface area contributed by atoms with Crippen molar-refractivity contribution in [3.63, 3.8) is 0 Å². The maximum absolute atomic E-state index is 13.9. The van der Waals surface area contributed by atoms with E-state index in [1.807, 2.05) is 31.2 Å². The molecule has 2 aromatic carbocycles. The molecule has 1 N–H and O–H groups in total. The van der Waals surface area contributed by atoms with Gasteiger partial charge in [0.2, 0.25) is 0 Å². The van der Waals surface area contributed by atoms with Crippen LogP contribution in [0, 0.1) is 12.7 Å². The van der Waals surface area contributed by atoms with Crippen LogP contribution in [0.4, 0.5) is 4.39 Å². The fraction of sp³-hybridized carbons (Fsp3) is 0.167. The molecule has 0 atom stereocenters. The largest absolute Gasteiger partial charge is 0.494 e. The number of hydrogen-bond donors (Lipinski definition) is 1. The van der Waals surface area contributed by atoms with E-state index in [2.05, 4.69) is 4.98 Å². The Morgan fingerprint density at radius 3 is 2.64 bits per heavy atom. The zero-order chi connectivity index (χ0) is 15.7. The predicted octanol–water partition coefficient (Wildman–Crippen LogP) is 3.85. The van der Waals surface area contributed by atoms with Crippen LogP contribution >= 0.6 is 0 Å². The van der Waals surface area contributed by atoms with Crippen LogP contribution in [0.2, 0.25) is 0 Å². The van der Waals surface area contributed by atoms with Crippen LogP contribution in [0.3, 0.4) is 0 Å². The molecule has 3 aromatic rings. The summed E-state index contributed by atoms with van der Waals surface area (Å²) >= 11 is 0. The third-order valence-electron chi connectivity index (χ3n) is 3.65. The molecule has 1 heterocycles. The molecule has 0 spiro atoms. The second-order valence-electron chi connectivity index (χ2n) is 5.20. The number of fused-ring (bicyclic) bond motifs is 1. The monoisotopic (exact) mass is 297 g/mol. The maximum atomic E-state index is 13.9. The Balaban J connectivity index is 2.22. The average Bonchev–Trinajstić information content (AvgIpc) is 2.53. The Labute approximate surface area is 128 Å². The first-order chi connectivity index (χ1) is 10.6. The standard InChI is InChI=1S/C18H16FNO2/c1-11-3-4-12-8-14(10-21)18(20-16(12)7-11)13-5-6-17(22-2)15(19)9-13/h3-9,21H,10H2,1-2H3. The van der Waals surface area contributed by atoms with Gasteiger partial charge >= 0.3 is 0 Å². The van der Waals surface area contributed by atoms with Gasteiger partial charge in [-0.2, -0.15) is 0 Å². The van der Waals surface area contributed by atoms with E-state index in [-0.39, 0.29) is 12.4 Å². The Morgan fingerprint density at radius 1 is 1.14 bits per heavy atom. The second kappa shape index (κ2) is 5.73. The number of halogens is 1. The lowest BCUT2D eigenvalue weighted by Crippen LogP contribution is -1.96. The first-order valence-corrected chi connectivity index (χ1v) is 6.97. The van der Waals surface area contributed by atoms with Crippen LogP contribution < -0.4 is 4.74 Å². The highest BCUT2D eigenvalue weighted by atomic mass is 19.1. The Hall–Kier alpha value is -2.46. The van der Waals surface area contributed by atoms with Gasteiger partial charge in [-0.3, -0.25) is 0 Å². The summed E-state index contributed by atoms with van der Waals surface area (Å²) < 4.78 is 18.9. The lowest BCUT2D eigenvalue weighted by molar-refractivity contribution is 0.282. The van der Waals surface area contributed by atoms with Crippen molar-refractivity contribution in [1.29, 1.82) is 0 Å². The fourth-order valence-electron chi connectivity index (χ4n) is 2.51. The van der Waals surface area contributed by atoms with Crippen LogP contribution in [-0.4, -0.2) is 17.2 Å². The molecule has 1 aromatic heterocycles. The number of aromatic nitrogens is 1. The van der Waals surface area contributed by atoms with Gasteiger partial charge in [-0.05, 0) is 42.8 Å². The number of ether oxygens (including phenoxy) is 1. The summed E-state index contributed by atoms with van der Waals surface area (Å²) in [5.74, 6) is -0.263. The van der Waals surface area contributed by atoms with Crippen molar-refractivity contribution in [2.75, 3.05) is 7.11 Å². The molecular formula is C18H16FNO2. The normalized spacial score (nSPS) is 10.9. The summed E-state index contributed by atoms with van der Waals surface area (Å²) in [6.07, 6.45) is 0. The van der Waals surface area contributed by atoms with Gasteiger partial charge in [0.05, 0.1) is 24.9 Å². The molecule has 0 saturated heterocycles. The number of rotatable bonds is 3. The van der Waals surface area contributed by atoms with Crippen LogP contribution in [0.15, 0.2) is 42.5 Å². The van der Waals surface area contributed by atoms with E-state index >= 15 is 0 Å². The lowest BCUT2D eigenvalue weighted by Gasteiger charge is -2.11. The third kappa shape index (κ3) is 2.53. The molecule has 0 aliphatic carbocycles. The first-order valence-electron chi connectivity index (χ1n) is 6.97. The zero-order valence-corrected chi connectivity index (χ0v) is 12.4. The molecular weight excluding hydrogens is 281 g/mol. The molecule has 0 aliphatic rings. The number of methoxy groups -OCH3 is 1. The topological polar surface area (TPSA) is 42.4 Å². The quantitative estimate of drug-likeness (QED) is 0.798. The number of hydrogen-bond acceptors (Lipinski definition) is 3. The maximum Gasteiger partial charge on any atom is 0.165 e. The highest BCUT2D eigenvalue weighted by molar-refractivity contribution is 5.84. The Morgan fingerprint density at radius 2 is 1.95 bits per heavy atom. The van der Waals surface area contributed by atoms with Crippen molar-refractivity contribution in [2.45, 2.75) is 13.5 Å². The van der Waals surface area contributed by atoms with Crippen molar-refractivity contribution in [1.82, 2.24) is 4.98 Å². The number of aliphatic hydroxyl groups excluding tert-OH is 1. The fourth-order valence-corrected chi connectivity index (χ4v) is 2.51. The Kier molecular flexibility index (Phi) is 3.77. The van der Waals surface area contributed by atoms with Crippen LogP contribution in [0.25, 0.3) is 22.2 Å². The van der Waals surface area contributed by atoms with Crippen molar-refractivity contribution in [2.24, 2.45) is 0 Å². The number of aryl methyl sites for hydroxylation is 1. The van der Waals surface area contributed by atoms with Crippen molar-refractivity contribution < 1.29 is 14.2 Å². The average molecular weight is 297 g/mol. The van der Waals surface area contributed by atoms with Crippen LogP contribution in [0.1, 0.15) is 11.1 Å². The summed E-state index contributed by atoms with van der Waals surface area (Å²) in [4.78, 5) is 4.61. The molecule has 112 valence electrons. The molecule has 0 saturated carbocycles. The van der Waals surface area contributed by atoms with Gasteiger partial charge in [-0.1, -0.05) is 12.1 Å². The first kappa shape index (κ1) is 14.5. The molecule has 0 aliphatic heterocycles. The summed E-state index contributed by atoms with van der Waals surface area (Å²) in [5, 5.41) is 10.6. The molecule has 4 heteroatoms. The van der Waals surface area contributed by atoms with E-state index in [0.717, 1.165) is 16.5 Å². The van der Waals surface area contributed by atoms with Gasteiger partial charge in [-0.25, -0.2) is 9.37 Å². The minimum absolute atomic E-state index is 0.153. The summed E-state index contributed by atoms with van der Waals surface area (Å²) in [6.45, 7) is 1.84. The SMILES string of the molecule is COc1ccc(-c2nc3cc(C)ccc3cc2CO)cc1F. The van der Waals surface area contributed by atoms with Crippen LogP contribution in [0.5, 0.6) is 5.75 Å². The van der Waals surface area contributed by atoms with Crippen molar-refractivity contribution in [3.8, 4) is 17.0 Å². The van der Waals surface area contributed by atoms with Gasteiger partial charge in [0.1, 0.15) is 0 Å².